The van der Waals surface area contributed by atoms with Gasteiger partial charge in [0.2, 0.25) is 5.95 Å². The lowest BCUT2D eigenvalue weighted by atomic mass is 10.3. The summed E-state index contributed by atoms with van der Waals surface area (Å²) < 4.78 is 16.2. The number of rotatable bonds is 2. The first-order valence-corrected chi connectivity index (χ1v) is 8.02. The number of nitrogens with two attached hydrogens (primary N) is 1. The zero-order valence-corrected chi connectivity index (χ0v) is 14.0. The van der Waals surface area contributed by atoms with Crippen LogP contribution in [0, 0.1) is 23.2 Å². The van der Waals surface area contributed by atoms with Gasteiger partial charge in [0.1, 0.15) is 5.82 Å². The second-order valence-corrected chi connectivity index (χ2v) is 7.27. The van der Waals surface area contributed by atoms with Gasteiger partial charge in [0.15, 0.2) is 0 Å². The molecular weight excluding hydrogens is 388 g/mol. The van der Waals surface area contributed by atoms with E-state index in [0.717, 1.165) is 11.0 Å². The minimum Gasteiger partial charge on any atom is -0.369 e. The number of fused-ring (bicyclic) bond motifs is 1. The number of nitrogens with zero attached hydrogens (tertiary/aromatic N) is 2. The summed E-state index contributed by atoms with van der Waals surface area (Å²) in [5.41, 5.74) is 8.72. The molecule has 0 aliphatic carbocycles. The van der Waals surface area contributed by atoms with Gasteiger partial charge in [-0.2, -0.15) is 0 Å². The van der Waals surface area contributed by atoms with Crippen molar-refractivity contribution in [2.24, 2.45) is 0 Å². The van der Waals surface area contributed by atoms with E-state index in [4.69, 9.17) is 5.73 Å². The van der Waals surface area contributed by atoms with Crippen molar-refractivity contribution in [3.05, 3.63) is 42.9 Å². The van der Waals surface area contributed by atoms with Gasteiger partial charge in [-0.3, -0.25) is 0 Å². The van der Waals surface area contributed by atoms with Crippen LogP contribution in [0.4, 0.5) is 10.3 Å². The molecule has 1 aromatic carbocycles. The van der Waals surface area contributed by atoms with Crippen molar-refractivity contribution in [3.63, 3.8) is 0 Å². The van der Waals surface area contributed by atoms with Gasteiger partial charge in [0.05, 0.1) is 21.1 Å². The van der Waals surface area contributed by atoms with Gasteiger partial charge >= 0.3 is 0 Å². The maximum atomic E-state index is 13.8. The van der Waals surface area contributed by atoms with E-state index in [1.165, 1.54) is 21.4 Å². The number of aryl methyl sites for hydroxylation is 2. The summed E-state index contributed by atoms with van der Waals surface area (Å²) in [5.74, 6) is 0.183. The number of nitrogen functional groups attached to an aromatic ring is 1. The summed E-state index contributed by atoms with van der Waals surface area (Å²) in [5, 5.41) is 0. The van der Waals surface area contributed by atoms with Gasteiger partial charge < -0.3 is 10.3 Å². The number of hydrogen-bond donors (Lipinski definition) is 1. The average molecular weight is 401 g/mol. The molecule has 3 aromatic rings. The van der Waals surface area contributed by atoms with Crippen LogP contribution < -0.4 is 5.73 Å². The molecule has 0 saturated heterocycles. The number of benzene rings is 1. The Balaban J connectivity index is 2.11. The first-order chi connectivity index (χ1) is 9.45. The lowest BCUT2D eigenvalue weighted by molar-refractivity contribution is 0.621. The summed E-state index contributed by atoms with van der Waals surface area (Å²) in [4.78, 5) is 6.81. The van der Waals surface area contributed by atoms with Crippen LogP contribution in [0.3, 0.4) is 0 Å². The number of halogens is 2. The zero-order valence-electron chi connectivity index (χ0n) is 11.1. The van der Waals surface area contributed by atoms with Crippen molar-refractivity contribution in [1.29, 1.82) is 0 Å². The van der Waals surface area contributed by atoms with Crippen molar-refractivity contribution in [2.45, 2.75) is 20.4 Å². The highest BCUT2D eigenvalue weighted by atomic mass is 127. The van der Waals surface area contributed by atoms with Gasteiger partial charge in [-0.25, -0.2) is 9.37 Å². The largest absolute Gasteiger partial charge is 0.369 e. The molecule has 0 aliphatic rings. The predicted molar refractivity (Wildman–Crippen MR) is 89.7 cm³/mol. The van der Waals surface area contributed by atoms with E-state index >= 15 is 0 Å². The molecule has 3 rings (SSSR count). The fraction of sp³-hybridized carbons (Fsp3) is 0.214. The number of anilines is 1. The standard InChI is InChI=1S/C14H13FIN3S/c1-7-3-9(20-8(7)2)6-19-13-4-10(15)11(16)5-12(13)18-14(19)17/h3-5H,6H2,1-2H3,(H2,17,18). The van der Waals surface area contributed by atoms with E-state index in [1.54, 1.807) is 17.4 Å². The lowest BCUT2D eigenvalue weighted by Crippen LogP contribution is -2.03. The van der Waals surface area contributed by atoms with Crippen LogP contribution in [0.5, 0.6) is 0 Å². The smallest absolute Gasteiger partial charge is 0.201 e. The van der Waals surface area contributed by atoms with E-state index in [-0.39, 0.29) is 5.82 Å². The van der Waals surface area contributed by atoms with Gasteiger partial charge in [-0.05, 0) is 54.1 Å². The van der Waals surface area contributed by atoms with Crippen LogP contribution in [0.25, 0.3) is 11.0 Å². The quantitative estimate of drug-likeness (QED) is 0.658. The van der Waals surface area contributed by atoms with Gasteiger partial charge in [0.25, 0.3) is 0 Å². The van der Waals surface area contributed by atoms with E-state index in [9.17, 15) is 4.39 Å². The van der Waals surface area contributed by atoms with Gasteiger partial charge in [-0.15, -0.1) is 11.3 Å². The molecule has 0 saturated carbocycles. The molecule has 0 aliphatic heterocycles. The summed E-state index contributed by atoms with van der Waals surface area (Å²) in [7, 11) is 0. The number of thiophene rings is 1. The highest BCUT2D eigenvalue weighted by molar-refractivity contribution is 14.1. The molecule has 6 heteroatoms. The Morgan fingerprint density at radius 2 is 2.10 bits per heavy atom. The topological polar surface area (TPSA) is 43.8 Å². The Morgan fingerprint density at radius 1 is 1.35 bits per heavy atom. The second kappa shape index (κ2) is 5.00. The third-order valence-electron chi connectivity index (χ3n) is 3.35. The molecule has 0 spiro atoms. The minimum absolute atomic E-state index is 0.238. The van der Waals surface area contributed by atoms with E-state index < -0.39 is 0 Å². The summed E-state index contributed by atoms with van der Waals surface area (Å²) in [6.07, 6.45) is 0. The molecule has 0 unspecified atom stereocenters. The van der Waals surface area contributed by atoms with Crippen molar-refractivity contribution >= 4 is 50.9 Å². The molecule has 0 radical (unpaired) electrons. The Bertz CT molecular complexity index is 787. The third-order valence-corrected chi connectivity index (χ3v) is 5.31. The van der Waals surface area contributed by atoms with Gasteiger partial charge in [-0.1, -0.05) is 0 Å². The lowest BCUT2D eigenvalue weighted by Gasteiger charge is -2.05. The molecule has 0 bridgehead atoms. The molecule has 2 heterocycles. The summed E-state index contributed by atoms with van der Waals surface area (Å²) in [6.45, 7) is 4.81. The van der Waals surface area contributed by atoms with Gasteiger partial charge in [0, 0.05) is 15.8 Å². The Hall–Kier alpha value is -1.15. The Labute approximate surface area is 133 Å². The normalized spacial score (nSPS) is 11.4. The van der Waals surface area contributed by atoms with Crippen molar-refractivity contribution < 1.29 is 4.39 Å². The fourth-order valence-electron chi connectivity index (χ4n) is 2.19. The van der Waals surface area contributed by atoms with E-state index in [2.05, 4.69) is 24.9 Å². The fourth-order valence-corrected chi connectivity index (χ4v) is 3.68. The maximum Gasteiger partial charge on any atom is 0.201 e. The molecule has 2 aromatic heterocycles. The Kier molecular flexibility index (Phi) is 3.45. The molecular formula is C14H13FIN3S. The highest BCUT2D eigenvalue weighted by Crippen LogP contribution is 2.27. The van der Waals surface area contributed by atoms with Crippen molar-refractivity contribution in [2.75, 3.05) is 5.73 Å². The Morgan fingerprint density at radius 3 is 2.75 bits per heavy atom. The molecule has 0 atom stereocenters. The summed E-state index contributed by atoms with van der Waals surface area (Å²) in [6, 6.07) is 5.38. The molecule has 104 valence electrons. The molecule has 2 N–H and O–H groups in total. The van der Waals surface area contributed by atoms with E-state index in [1.807, 2.05) is 27.2 Å². The zero-order chi connectivity index (χ0) is 14.4. The molecule has 20 heavy (non-hydrogen) atoms. The maximum absolute atomic E-state index is 13.8. The van der Waals surface area contributed by atoms with Crippen LogP contribution >= 0.6 is 33.9 Å². The van der Waals surface area contributed by atoms with Crippen LogP contribution in [-0.4, -0.2) is 9.55 Å². The van der Waals surface area contributed by atoms with Crippen molar-refractivity contribution in [3.8, 4) is 0 Å². The van der Waals surface area contributed by atoms with Crippen LogP contribution in [0.2, 0.25) is 0 Å². The van der Waals surface area contributed by atoms with E-state index in [0.29, 0.717) is 16.1 Å². The SMILES string of the molecule is Cc1cc(Cn2c(N)nc3cc(I)c(F)cc32)sc1C. The average Bonchev–Trinajstić information content (AvgIpc) is 2.83. The second-order valence-electron chi connectivity index (χ2n) is 4.76. The third kappa shape index (κ3) is 2.31. The van der Waals surface area contributed by atoms with Crippen molar-refractivity contribution in [1.82, 2.24) is 9.55 Å². The first-order valence-electron chi connectivity index (χ1n) is 6.12. The number of aromatic nitrogens is 2. The molecule has 0 fully saturated rings. The highest BCUT2D eigenvalue weighted by Gasteiger charge is 2.13. The summed E-state index contributed by atoms with van der Waals surface area (Å²) >= 11 is 3.70. The first kappa shape index (κ1) is 13.8. The van der Waals surface area contributed by atoms with Crippen LogP contribution in [-0.2, 0) is 6.54 Å². The monoisotopic (exact) mass is 401 g/mol. The number of hydrogen-bond acceptors (Lipinski definition) is 3. The molecule has 0 amide bonds. The molecule has 3 nitrogen and oxygen atoms in total. The van der Waals surface area contributed by atoms with Crippen LogP contribution in [0.1, 0.15) is 15.3 Å². The number of imidazole rings is 1. The predicted octanol–water partition coefficient (Wildman–Crippen LogP) is 4.09. The minimum atomic E-state index is -0.238. The van der Waals surface area contributed by atoms with Crippen LogP contribution in [0.15, 0.2) is 18.2 Å².